The molecule has 2 rings (SSSR count). The lowest BCUT2D eigenvalue weighted by Gasteiger charge is -2.26. The number of carbonyl (C=O) groups is 1. The Bertz CT molecular complexity index is 777. The number of benzene rings is 1. The fourth-order valence-electron chi connectivity index (χ4n) is 2.45. The Balaban J connectivity index is 1.95. The Morgan fingerprint density at radius 2 is 2.04 bits per heavy atom. The molecule has 144 valence electrons. The monoisotopic (exact) mass is 371 g/mol. The van der Waals surface area contributed by atoms with Crippen LogP contribution in [0.5, 0.6) is 0 Å². The molecule has 1 heterocycles. The van der Waals surface area contributed by atoms with Crippen LogP contribution in [-0.4, -0.2) is 36.5 Å². The van der Waals surface area contributed by atoms with E-state index in [1.165, 1.54) is 12.1 Å². The zero-order valence-corrected chi connectivity index (χ0v) is 15.9. The van der Waals surface area contributed by atoms with Crippen LogP contribution in [0.3, 0.4) is 0 Å². The number of nitrogens with one attached hydrogen (secondary N) is 3. The molecule has 1 aromatic heterocycles. The van der Waals surface area contributed by atoms with Gasteiger partial charge in [0.15, 0.2) is 5.96 Å². The van der Waals surface area contributed by atoms with Gasteiger partial charge in [-0.1, -0.05) is 26.0 Å². The molecule has 0 unspecified atom stereocenters. The maximum absolute atomic E-state index is 13.5. The standard InChI is InChI=1S/C20H26FN5O/c1-4-23-19(24-13-18(27)26-17-9-6-10-22-12-17)25-14-20(2,3)15-7-5-8-16(21)11-15/h5-12H,4,13-14H2,1-3H3,(H,26,27)(H2,23,24,25). The number of hydrogen-bond donors (Lipinski definition) is 3. The summed E-state index contributed by atoms with van der Waals surface area (Å²) in [5.41, 5.74) is 1.21. The molecule has 2 aromatic rings. The lowest BCUT2D eigenvalue weighted by molar-refractivity contribution is -0.114. The number of nitrogens with zero attached hydrogens (tertiary/aromatic N) is 2. The third-order valence-electron chi connectivity index (χ3n) is 3.97. The van der Waals surface area contributed by atoms with E-state index >= 15 is 0 Å². The van der Waals surface area contributed by atoms with Gasteiger partial charge in [0.1, 0.15) is 12.4 Å². The van der Waals surface area contributed by atoms with Crippen LogP contribution in [0.1, 0.15) is 26.3 Å². The minimum absolute atomic E-state index is 0.0232. The summed E-state index contributed by atoms with van der Waals surface area (Å²) in [6.45, 7) is 7.17. The number of aliphatic imine (C=N–C) groups is 1. The number of hydrogen-bond acceptors (Lipinski definition) is 3. The summed E-state index contributed by atoms with van der Waals surface area (Å²) in [7, 11) is 0. The Morgan fingerprint density at radius 3 is 2.70 bits per heavy atom. The van der Waals surface area contributed by atoms with Crippen LogP contribution < -0.4 is 16.0 Å². The number of guanidine groups is 1. The van der Waals surface area contributed by atoms with Gasteiger partial charge in [0.2, 0.25) is 5.91 Å². The van der Waals surface area contributed by atoms with Crippen LogP contribution in [0.15, 0.2) is 53.8 Å². The van der Waals surface area contributed by atoms with Crippen LogP contribution in [0.4, 0.5) is 10.1 Å². The van der Waals surface area contributed by atoms with Crippen molar-refractivity contribution >= 4 is 17.6 Å². The van der Waals surface area contributed by atoms with E-state index < -0.39 is 0 Å². The van der Waals surface area contributed by atoms with Crippen molar-refractivity contribution in [3.8, 4) is 0 Å². The van der Waals surface area contributed by atoms with E-state index in [0.717, 1.165) is 5.56 Å². The molecule has 0 spiro atoms. The fourth-order valence-corrected chi connectivity index (χ4v) is 2.45. The number of anilines is 1. The number of rotatable bonds is 7. The molecule has 0 aliphatic carbocycles. The Labute approximate surface area is 159 Å². The second kappa shape index (κ2) is 9.66. The maximum Gasteiger partial charge on any atom is 0.246 e. The molecule has 0 atom stereocenters. The zero-order valence-electron chi connectivity index (χ0n) is 15.9. The molecule has 0 saturated carbocycles. The van der Waals surface area contributed by atoms with Crippen LogP contribution in [0.2, 0.25) is 0 Å². The summed E-state index contributed by atoms with van der Waals surface area (Å²) < 4.78 is 13.5. The fraction of sp³-hybridized carbons (Fsp3) is 0.350. The van der Waals surface area contributed by atoms with Crippen molar-refractivity contribution in [2.24, 2.45) is 4.99 Å². The van der Waals surface area contributed by atoms with Gasteiger partial charge in [-0.05, 0) is 36.8 Å². The summed E-state index contributed by atoms with van der Waals surface area (Å²) >= 11 is 0. The molecule has 6 nitrogen and oxygen atoms in total. The molecule has 7 heteroatoms. The topological polar surface area (TPSA) is 78.4 Å². The minimum Gasteiger partial charge on any atom is -0.357 e. The van der Waals surface area contributed by atoms with Gasteiger partial charge in [0.25, 0.3) is 0 Å². The number of carbonyl (C=O) groups excluding carboxylic acids is 1. The first kappa shape index (κ1) is 20.4. The molecule has 0 aliphatic rings. The van der Waals surface area contributed by atoms with Gasteiger partial charge in [0, 0.05) is 24.7 Å². The van der Waals surface area contributed by atoms with Gasteiger partial charge in [0.05, 0.1) is 11.9 Å². The minimum atomic E-state index is -0.309. The first-order valence-electron chi connectivity index (χ1n) is 8.89. The highest BCUT2D eigenvalue weighted by molar-refractivity contribution is 5.93. The van der Waals surface area contributed by atoms with E-state index in [-0.39, 0.29) is 23.7 Å². The average Bonchev–Trinajstić information content (AvgIpc) is 2.65. The normalized spacial score (nSPS) is 11.8. The lowest BCUT2D eigenvalue weighted by Crippen LogP contribution is -2.43. The van der Waals surface area contributed by atoms with Crippen molar-refractivity contribution in [2.45, 2.75) is 26.2 Å². The molecular formula is C20H26FN5O. The lowest BCUT2D eigenvalue weighted by atomic mass is 9.84. The van der Waals surface area contributed by atoms with Crippen molar-refractivity contribution in [1.29, 1.82) is 0 Å². The van der Waals surface area contributed by atoms with E-state index in [9.17, 15) is 9.18 Å². The van der Waals surface area contributed by atoms with Crippen molar-refractivity contribution in [1.82, 2.24) is 15.6 Å². The third kappa shape index (κ3) is 6.69. The maximum atomic E-state index is 13.5. The van der Waals surface area contributed by atoms with E-state index in [0.29, 0.717) is 24.7 Å². The first-order chi connectivity index (χ1) is 12.9. The van der Waals surface area contributed by atoms with Crippen molar-refractivity contribution in [3.63, 3.8) is 0 Å². The summed E-state index contributed by atoms with van der Waals surface area (Å²) in [5.74, 6) is 0.0427. The number of amides is 1. The van der Waals surface area contributed by atoms with E-state index in [1.807, 2.05) is 26.8 Å². The van der Waals surface area contributed by atoms with Gasteiger partial charge in [-0.2, -0.15) is 0 Å². The summed E-state index contributed by atoms with van der Waals surface area (Å²) in [6.07, 6.45) is 3.22. The van der Waals surface area contributed by atoms with Gasteiger partial charge in [-0.15, -0.1) is 0 Å². The Hall–Kier alpha value is -2.96. The quantitative estimate of drug-likeness (QED) is 0.517. The first-order valence-corrected chi connectivity index (χ1v) is 8.89. The van der Waals surface area contributed by atoms with Crippen LogP contribution in [-0.2, 0) is 10.2 Å². The van der Waals surface area contributed by atoms with Crippen molar-refractivity contribution < 1.29 is 9.18 Å². The molecule has 0 bridgehead atoms. The zero-order chi connectivity index (χ0) is 19.7. The third-order valence-corrected chi connectivity index (χ3v) is 3.97. The molecule has 3 N–H and O–H groups in total. The van der Waals surface area contributed by atoms with Crippen LogP contribution >= 0.6 is 0 Å². The smallest absolute Gasteiger partial charge is 0.246 e. The molecule has 0 saturated heterocycles. The molecule has 27 heavy (non-hydrogen) atoms. The summed E-state index contributed by atoms with van der Waals surface area (Å²) in [6, 6.07) is 10.1. The van der Waals surface area contributed by atoms with Gasteiger partial charge in [-0.3, -0.25) is 9.78 Å². The second-order valence-corrected chi connectivity index (χ2v) is 6.73. The second-order valence-electron chi connectivity index (χ2n) is 6.73. The molecule has 0 radical (unpaired) electrons. The molecule has 0 fully saturated rings. The van der Waals surface area contributed by atoms with Crippen LogP contribution in [0.25, 0.3) is 0 Å². The summed E-state index contributed by atoms with van der Waals surface area (Å²) in [4.78, 5) is 20.3. The number of halogens is 1. The SMILES string of the molecule is CCNC(=NCC(=O)Nc1cccnc1)NCC(C)(C)c1cccc(F)c1. The molecule has 0 aliphatic heterocycles. The molecule has 1 aromatic carbocycles. The summed E-state index contributed by atoms with van der Waals surface area (Å²) in [5, 5.41) is 9.07. The Kier molecular flexibility index (Phi) is 7.28. The number of aromatic nitrogens is 1. The van der Waals surface area contributed by atoms with E-state index in [1.54, 1.807) is 30.6 Å². The van der Waals surface area contributed by atoms with Crippen molar-refractivity contribution in [2.75, 3.05) is 25.0 Å². The van der Waals surface area contributed by atoms with Gasteiger partial charge in [-0.25, -0.2) is 9.38 Å². The van der Waals surface area contributed by atoms with Crippen LogP contribution in [0, 0.1) is 5.82 Å². The predicted molar refractivity (Wildman–Crippen MR) is 106 cm³/mol. The molecular weight excluding hydrogens is 345 g/mol. The number of pyridine rings is 1. The Morgan fingerprint density at radius 1 is 1.22 bits per heavy atom. The highest BCUT2D eigenvalue weighted by atomic mass is 19.1. The largest absolute Gasteiger partial charge is 0.357 e. The average molecular weight is 371 g/mol. The molecule has 1 amide bonds. The van der Waals surface area contributed by atoms with E-state index in [4.69, 9.17) is 0 Å². The highest BCUT2D eigenvalue weighted by Crippen LogP contribution is 2.22. The van der Waals surface area contributed by atoms with Gasteiger partial charge < -0.3 is 16.0 Å². The predicted octanol–water partition coefficient (Wildman–Crippen LogP) is 2.69. The van der Waals surface area contributed by atoms with Crippen molar-refractivity contribution in [3.05, 3.63) is 60.2 Å². The highest BCUT2D eigenvalue weighted by Gasteiger charge is 2.21. The van der Waals surface area contributed by atoms with E-state index in [2.05, 4.69) is 25.9 Å². The van der Waals surface area contributed by atoms with Gasteiger partial charge >= 0.3 is 0 Å².